The zero-order valence-corrected chi connectivity index (χ0v) is 13.1. The van der Waals surface area contributed by atoms with Gasteiger partial charge >= 0.3 is 0 Å². The average molecular weight is 301 g/mol. The number of thiazole rings is 1. The molecule has 21 heavy (non-hydrogen) atoms. The highest BCUT2D eigenvalue weighted by atomic mass is 32.1. The van der Waals surface area contributed by atoms with E-state index in [0.717, 1.165) is 29.5 Å². The van der Waals surface area contributed by atoms with E-state index in [9.17, 15) is 0 Å². The van der Waals surface area contributed by atoms with E-state index in [1.165, 1.54) is 0 Å². The van der Waals surface area contributed by atoms with Gasteiger partial charge in [-0.25, -0.2) is 0 Å². The van der Waals surface area contributed by atoms with E-state index in [0.29, 0.717) is 11.8 Å². The first kappa shape index (κ1) is 14.1. The first-order valence-corrected chi connectivity index (χ1v) is 8.00. The van der Waals surface area contributed by atoms with Gasteiger partial charge in [0.2, 0.25) is 5.88 Å². The van der Waals surface area contributed by atoms with Crippen molar-refractivity contribution in [2.24, 2.45) is 5.92 Å². The molecular formula is C16H19N3OS. The van der Waals surface area contributed by atoms with Crippen molar-refractivity contribution in [3.05, 3.63) is 47.6 Å². The van der Waals surface area contributed by atoms with Crippen molar-refractivity contribution in [3.8, 4) is 11.6 Å². The van der Waals surface area contributed by atoms with Gasteiger partial charge in [0.15, 0.2) is 4.96 Å². The Kier molecular flexibility index (Phi) is 4.22. The number of hydrogen-bond donors (Lipinski definition) is 1. The fraction of sp³-hybridized carbons (Fsp3) is 0.312. The lowest BCUT2D eigenvalue weighted by Gasteiger charge is -2.09. The minimum atomic E-state index is 0.620. The Labute approximate surface area is 128 Å². The molecule has 3 aromatic rings. The second-order valence-corrected chi connectivity index (χ2v) is 6.23. The molecule has 0 aliphatic rings. The van der Waals surface area contributed by atoms with E-state index < -0.39 is 0 Å². The summed E-state index contributed by atoms with van der Waals surface area (Å²) in [6, 6.07) is 9.79. The standard InChI is InChI=1S/C16H19N3OS/c1-12(2)10-17-11-14-15(18-16-19(14)8-9-21-16)20-13-6-4-3-5-7-13/h3-9,12,17H,10-11H2,1-2H3. The third-order valence-corrected chi connectivity index (χ3v) is 3.88. The number of nitrogens with zero attached hydrogens (tertiary/aromatic N) is 2. The summed E-state index contributed by atoms with van der Waals surface area (Å²) in [5.41, 5.74) is 1.07. The minimum absolute atomic E-state index is 0.620. The Morgan fingerprint density at radius 1 is 1.29 bits per heavy atom. The fourth-order valence-electron chi connectivity index (χ4n) is 2.13. The highest BCUT2D eigenvalue weighted by Gasteiger charge is 2.15. The monoisotopic (exact) mass is 301 g/mol. The molecule has 0 saturated heterocycles. The summed E-state index contributed by atoms with van der Waals surface area (Å²) >= 11 is 1.62. The summed E-state index contributed by atoms with van der Waals surface area (Å²) in [7, 11) is 0. The maximum Gasteiger partial charge on any atom is 0.243 e. The van der Waals surface area contributed by atoms with Crippen LogP contribution in [0.1, 0.15) is 19.5 Å². The number of benzene rings is 1. The number of nitrogens with one attached hydrogen (secondary N) is 1. The molecular weight excluding hydrogens is 282 g/mol. The number of hydrogen-bond acceptors (Lipinski definition) is 4. The Morgan fingerprint density at radius 3 is 2.86 bits per heavy atom. The summed E-state index contributed by atoms with van der Waals surface area (Å²) in [6.45, 7) is 6.12. The van der Waals surface area contributed by atoms with Gasteiger partial charge in [0.25, 0.3) is 0 Å². The molecule has 0 aliphatic heterocycles. The van der Waals surface area contributed by atoms with Crippen LogP contribution < -0.4 is 10.1 Å². The first-order valence-electron chi connectivity index (χ1n) is 7.12. The van der Waals surface area contributed by atoms with Crippen LogP contribution >= 0.6 is 11.3 Å². The second kappa shape index (κ2) is 6.28. The van der Waals surface area contributed by atoms with Gasteiger partial charge in [0, 0.05) is 18.1 Å². The Hall–Kier alpha value is -1.85. The smallest absolute Gasteiger partial charge is 0.243 e. The van der Waals surface area contributed by atoms with Gasteiger partial charge in [-0.1, -0.05) is 32.0 Å². The van der Waals surface area contributed by atoms with Gasteiger partial charge in [-0.15, -0.1) is 11.3 Å². The molecule has 0 spiro atoms. The van der Waals surface area contributed by atoms with Gasteiger partial charge in [-0.05, 0) is 24.6 Å². The lowest BCUT2D eigenvalue weighted by atomic mass is 10.2. The third-order valence-electron chi connectivity index (χ3n) is 3.13. The normalized spacial score (nSPS) is 11.4. The van der Waals surface area contributed by atoms with Crippen LogP contribution in [0.25, 0.3) is 4.96 Å². The van der Waals surface area contributed by atoms with Crippen LogP contribution in [0.15, 0.2) is 41.9 Å². The number of ether oxygens (including phenoxy) is 1. The molecule has 4 nitrogen and oxygen atoms in total. The van der Waals surface area contributed by atoms with Crippen LogP contribution in [0.4, 0.5) is 0 Å². The maximum absolute atomic E-state index is 5.95. The van der Waals surface area contributed by atoms with E-state index in [4.69, 9.17) is 4.74 Å². The number of para-hydroxylation sites is 1. The van der Waals surface area contributed by atoms with Gasteiger partial charge in [-0.2, -0.15) is 4.98 Å². The van der Waals surface area contributed by atoms with Crippen molar-refractivity contribution >= 4 is 16.3 Å². The van der Waals surface area contributed by atoms with Crippen molar-refractivity contribution in [2.45, 2.75) is 20.4 Å². The Morgan fingerprint density at radius 2 is 2.10 bits per heavy atom. The van der Waals surface area contributed by atoms with Crippen molar-refractivity contribution in [2.75, 3.05) is 6.54 Å². The molecule has 110 valence electrons. The number of imidazole rings is 1. The number of fused-ring (bicyclic) bond motifs is 1. The molecule has 1 N–H and O–H groups in total. The molecule has 2 heterocycles. The lowest BCUT2D eigenvalue weighted by Crippen LogP contribution is -2.20. The molecule has 0 fully saturated rings. The topological polar surface area (TPSA) is 38.6 Å². The zero-order valence-electron chi connectivity index (χ0n) is 12.2. The van der Waals surface area contributed by atoms with Crippen LogP contribution in [0.5, 0.6) is 11.6 Å². The van der Waals surface area contributed by atoms with E-state index in [1.54, 1.807) is 11.3 Å². The molecule has 3 rings (SSSR count). The van der Waals surface area contributed by atoms with Gasteiger partial charge in [0.1, 0.15) is 11.4 Å². The van der Waals surface area contributed by atoms with Crippen LogP contribution in [0, 0.1) is 5.92 Å². The third kappa shape index (κ3) is 3.25. The predicted molar refractivity (Wildman–Crippen MR) is 86.1 cm³/mol. The molecule has 0 saturated carbocycles. The predicted octanol–water partition coefficient (Wildman–Crippen LogP) is 3.93. The molecule has 5 heteroatoms. The molecule has 0 atom stereocenters. The van der Waals surface area contributed by atoms with Crippen LogP contribution in [0.3, 0.4) is 0 Å². The summed E-state index contributed by atoms with van der Waals surface area (Å²) in [4.78, 5) is 5.55. The van der Waals surface area contributed by atoms with E-state index in [-0.39, 0.29) is 0 Å². The molecule has 0 aliphatic carbocycles. The van der Waals surface area contributed by atoms with Crippen LogP contribution in [-0.4, -0.2) is 15.9 Å². The number of aromatic nitrogens is 2. The molecule has 1 aromatic carbocycles. The first-order chi connectivity index (χ1) is 10.2. The van der Waals surface area contributed by atoms with Gasteiger partial charge < -0.3 is 10.1 Å². The fourth-order valence-corrected chi connectivity index (χ4v) is 2.86. The van der Waals surface area contributed by atoms with E-state index in [1.807, 2.05) is 41.9 Å². The Bertz CT molecular complexity index is 703. The summed E-state index contributed by atoms with van der Waals surface area (Å²) < 4.78 is 8.04. The SMILES string of the molecule is CC(C)CNCc1c(Oc2ccccc2)nc2sccn12. The molecule has 0 radical (unpaired) electrons. The lowest BCUT2D eigenvalue weighted by molar-refractivity contribution is 0.452. The van der Waals surface area contributed by atoms with Gasteiger partial charge in [-0.3, -0.25) is 4.40 Å². The summed E-state index contributed by atoms with van der Waals surface area (Å²) in [6.07, 6.45) is 2.04. The van der Waals surface area contributed by atoms with Crippen LogP contribution in [0.2, 0.25) is 0 Å². The largest absolute Gasteiger partial charge is 0.437 e. The molecule has 0 unspecified atom stereocenters. The van der Waals surface area contributed by atoms with E-state index >= 15 is 0 Å². The number of rotatable bonds is 6. The van der Waals surface area contributed by atoms with Crippen molar-refractivity contribution in [1.29, 1.82) is 0 Å². The highest BCUT2D eigenvalue weighted by Crippen LogP contribution is 2.27. The summed E-state index contributed by atoms with van der Waals surface area (Å²) in [5.74, 6) is 2.12. The average Bonchev–Trinajstić information content (AvgIpc) is 3.02. The maximum atomic E-state index is 5.95. The minimum Gasteiger partial charge on any atom is -0.437 e. The van der Waals surface area contributed by atoms with Crippen molar-refractivity contribution in [3.63, 3.8) is 0 Å². The van der Waals surface area contributed by atoms with Crippen molar-refractivity contribution in [1.82, 2.24) is 14.7 Å². The zero-order chi connectivity index (χ0) is 14.7. The second-order valence-electron chi connectivity index (χ2n) is 5.36. The Balaban J connectivity index is 1.85. The molecule has 0 amide bonds. The van der Waals surface area contributed by atoms with Crippen molar-refractivity contribution < 1.29 is 4.74 Å². The molecule has 2 aromatic heterocycles. The highest BCUT2D eigenvalue weighted by molar-refractivity contribution is 7.15. The van der Waals surface area contributed by atoms with E-state index in [2.05, 4.69) is 28.5 Å². The molecule has 0 bridgehead atoms. The summed E-state index contributed by atoms with van der Waals surface area (Å²) in [5, 5.41) is 5.50. The van der Waals surface area contributed by atoms with Crippen LogP contribution in [-0.2, 0) is 6.54 Å². The quantitative estimate of drug-likeness (QED) is 0.749. The van der Waals surface area contributed by atoms with Gasteiger partial charge in [0.05, 0.1) is 0 Å².